The summed E-state index contributed by atoms with van der Waals surface area (Å²) in [6.07, 6.45) is 2.23. The summed E-state index contributed by atoms with van der Waals surface area (Å²) in [7, 11) is 1.59. The maximum atomic E-state index is 11.6. The minimum Gasteiger partial charge on any atom is -0.497 e. The van der Waals surface area contributed by atoms with Crippen LogP contribution in [0.3, 0.4) is 0 Å². The van der Waals surface area contributed by atoms with Gasteiger partial charge in [0.15, 0.2) is 0 Å². The number of nitriles is 1. The monoisotopic (exact) mass is 259 g/mol. The molecule has 1 aromatic rings. The van der Waals surface area contributed by atoms with E-state index in [1.165, 1.54) is 6.20 Å². The summed E-state index contributed by atoms with van der Waals surface area (Å²) >= 11 is 0. The molecule has 0 spiro atoms. The molecule has 5 heteroatoms. The van der Waals surface area contributed by atoms with Crippen molar-refractivity contribution in [2.24, 2.45) is 0 Å². The highest BCUT2D eigenvalue weighted by molar-refractivity contribution is 5.97. The Morgan fingerprint density at radius 1 is 1.42 bits per heavy atom. The van der Waals surface area contributed by atoms with Gasteiger partial charge in [-0.15, -0.1) is 0 Å². The molecule has 0 aliphatic carbocycles. The highest BCUT2D eigenvalue weighted by atomic mass is 16.5. The van der Waals surface area contributed by atoms with Gasteiger partial charge in [-0.2, -0.15) is 5.26 Å². The number of carbonyl (C=O) groups is 1. The van der Waals surface area contributed by atoms with Gasteiger partial charge in [-0.1, -0.05) is 6.92 Å². The van der Waals surface area contributed by atoms with Crippen LogP contribution >= 0.6 is 0 Å². The second kappa shape index (κ2) is 7.77. The molecule has 0 heterocycles. The van der Waals surface area contributed by atoms with Crippen LogP contribution in [0.2, 0.25) is 0 Å². The number of hydrogen-bond donors (Lipinski definition) is 2. The van der Waals surface area contributed by atoms with E-state index in [0.29, 0.717) is 6.54 Å². The number of rotatable bonds is 6. The Morgan fingerprint density at radius 2 is 2.11 bits per heavy atom. The van der Waals surface area contributed by atoms with Crippen LogP contribution in [0, 0.1) is 11.3 Å². The topological polar surface area (TPSA) is 74.2 Å². The Labute approximate surface area is 112 Å². The summed E-state index contributed by atoms with van der Waals surface area (Å²) in [4.78, 5) is 11.6. The molecule has 0 atom stereocenters. The molecule has 0 aliphatic rings. The van der Waals surface area contributed by atoms with E-state index in [9.17, 15) is 4.79 Å². The first-order valence-electron chi connectivity index (χ1n) is 6.00. The number of nitrogens with zero attached hydrogens (tertiary/aromatic N) is 1. The number of benzene rings is 1. The molecule has 1 amide bonds. The molecule has 5 nitrogen and oxygen atoms in total. The van der Waals surface area contributed by atoms with Crippen molar-refractivity contribution in [3.8, 4) is 11.8 Å². The SMILES string of the molecule is CCCNC(=O)/C(C#N)=C\Nc1ccc(OC)cc1. The fourth-order valence-corrected chi connectivity index (χ4v) is 1.33. The van der Waals surface area contributed by atoms with Gasteiger partial charge in [-0.25, -0.2) is 0 Å². The van der Waals surface area contributed by atoms with E-state index < -0.39 is 0 Å². The van der Waals surface area contributed by atoms with Gasteiger partial charge in [0.1, 0.15) is 17.4 Å². The molecular formula is C14H17N3O2. The van der Waals surface area contributed by atoms with Crippen LogP contribution in [-0.2, 0) is 4.79 Å². The lowest BCUT2D eigenvalue weighted by molar-refractivity contribution is -0.117. The van der Waals surface area contributed by atoms with Gasteiger partial charge in [0.05, 0.1) is 7.11 Å². The predicted molar refractivity (Wildman–Crippen MR) is 73.6 cm³/mol. The van der Waals surface area contributed by atoms with Gasteiger partial charge < -0.3 is 15.4 Å². The highest BCUT2D eigenvalue weighted by Crippen LogP contribution is 2.15. The van der Waals surface area contributed by atoms with E-state index in [2.05, 4.69) is 10.6 Å². The molecule has 0 radical (unpaired) electrons. The fraction of sp³-hybridized carbons (Fsp3) is 0.286. The number of nitrogens with one attached hydrogen (secondary N) is 2. The molecule has 1 rings (SSSR count). The minimum atomic E-state index is -0.370. The third kappa shape index (κ3) is 4.72. The normalized spacial score (nSPS) is 10.5. The zero-order valence-electron chi connectivity index (χ0n) is 11.1. The van der Waals surface area contributed by atoms with Crippen molar-refractivity contribution in [1.29, 1.82) is 5.26 Å². The largest absolute Gasteiger partial charge is 0.497 e. The van der Waals surface area contributed by atoms with Crippen molar-refractivity contribution in [1.82, 2.24) is 5.32 Å². The van der Waals surface area contributed by atoms with Crippen molar-refractivity contribution in [2.45, 2.75) is 13.3 Å². The first-order valence-corrected chi connectivity index (χ1v) is 6.00. The summed E-state index contributed by atoms with van der Waals surface area (Å²) in [6, 6.07) is 9.05. The van der Waals surface area contributed by atoms with Crippen molar-refractivity contribution >= 4 is 11.6 Å². The van der Waals surface area contributed by atoms with Crippen LogP contribution in [0.15, 0.2) is 36.0 Å². The molecular weight excluding hydrogens is 242 g/mol. The summed E-state index contributed by atoms with van der Waals surface area (Å²) in [6.45, 7) is 2.51. The number of methoxy groups -OCH3 is 1. The van der Waals surface area contributed by atoms with E-state index in [1.54, 1.807) is 31.4 Å². The lowest BCUT2D eigenvalue weighted by atomic mass is 10.2. The number of amides is 1. The Bertz CT molecular complexity index is 486. The number of carbonyl (C=O) groups excluding carboxylic acids is 1. The maximum absolute atomic E-state index is 11.6. The predicted octanol–water partition coefficient (Wildman–Crippen LogP) is 2.04. The van der Waals surface area contributed by atoms with Crippen molar-refractivity contribution in [3.05, 3.63) is 36.0 Å². The van der Waals surface area contributed by atoms with Crippen molar-refractivity contribution in [3.63, 3.8) is 0 Å². The van der Waals surface area contributed by atoms with Crippen LogP contribution in [0.25, 0.3) is 0 Å². The van der Waals surface area contributed by atoms with Gasteiger partial charge in [-0.05, 0) is 30.7 Å². The molecule has 19 heavy (non-hydrogen) atoms. The van der Waals surface area contributed by atoms with Crippen molar-refractivity contribution in [2.75, 3.05) is 19.0 Å². The maximum Gasteiger partial charge on any atom is 0.263 e. The smallest absolute Gasteiger partial charge is 0.263 e. The van der Waals surface area contributed by atoms with E-state index in [1.807, 2.05) is 13.0 Å². The third-order valence-corrected chi connectivity index (χ3v) is 2.37. The van der Waals surface area contributed by atoms with Crippen LogP contribution < -0.4 is 15.4 Å². The Hall–Kier alpha value is -2.48. The van der Waals surface area contributed by atoms with Crippen molar-refractivity contribution < 1.29 is 9.53 Å². The first-order chi connectivity index (χ1) is 9.21. The van der Waals surface area contributed by atoms with Gasteiger partial charge in [0, 0.05) is 18.4 Å². The number of anilines is 1. The van der Waals surface area contributed by atoms with Gasteiger partial charge >= 0.3 is 0 Å². The average Bonchev–Trinajstić information content (AvgIpc) is 2.46. The minimum absolute atomic E-state index is 0.0456. The summed E-state index contributed by atoms with van der Waals surface area (Å²) in [5.74, 6) is 0.376. The molecule has 0 aromatic heterocycles. The molecule has 100 valence electrons. The van der Waals surface area contributed by atoms with Gasteiger partial charge in [0.25, 0.3) is 5.91 Å². The number of ether oxygens (including phenoxy) is 1. The second-order valence-electron chi connectivity index (χ2n) is 3.80. The molecule has 0 saturated carbocycles. The molecule has 0 fully saturated rings. The fourth-order valence-electron chi connectivity index (χ4n) is 1.33. The Balaban J connectivity index is 2.66. The molecule has 0 unspecified atom stereocenters. The van der Waals surface area contributed by atoms with E-state index >= 15 is 0 Å². The highest BCUT2D eigenvalue weighted by Gasteiger charge is 2.06. The van der Waals surface area contributed by atoms with E-state index in [4.69, 9.17) is 10.00 Å². The molecule has 0 aliphatic heterocycles. The first kappa shape index (κ1) is 14.6. The Morgan fingerprint density at radius 3 is 2.63 bits per heavy atom. The van der Waals surface area contributed by atoms with Gasteiger partial charge in [0.2, 0.25) is 0 Å². The summed E-state index contributed by atoms with van der Waals surface area (Å²) < 4.78 is 5.04. The average molecular weight is 259 g/mol. The summed E-state index contributed by atoms with van der Waals surface area (Å²) in [5.41, 5.74) is 0.820. The molecule has 0 saturated heterocycles. The van der Waals surface area contributed by atoms with E-state index in [-0.39, 0.29) is 11.5 Å². The zero-order valence-corrected chi connectivity index (χ0v) is 11.1. The lowest BCUT2D eigenvalue weighted by Gasteiger charge is -2.05. The second-order valence-corrected chi connectivity index (χ2v) is 3.80. The van der Waals surface area contributed by atoms with E-state index in [0.717, 1.165) is 17.9 Å². The molecule has 2 N–H and O–H groups in total. The van der Waals surface area contributed by atoms with Crippen LogP contribution in [-0.4, -0.2) is 19.6 Å². The van der Waals surface area contributed by atoms with Crippen LogP contribution in [0.5, 0.6) is 5.75 Å². The quantitative estimate of drug-likeness (QED) is 0.605. The van der Waals surface area contributed by atoms with Crippen LogP contribution in [0.4, 0.5) is 5.69 Å². The Kier molecular flexibility index (Phi) is 5.96. The molecule has 1 aromatic carbocycles. The number of hydrogen-bond acceptors (Lipinski definition) is 4. The molecule has 0 bridgehead atoms. The summed E-state index contributed by atoms with van der Waals surface area (Å²) in [5, 5.41) is 14.5. The standard InChI is InChI=1S/C14H17N3O2/c1-3-8-16-14(18)11(9-15)10-17-12-4-6-13(19-2)7-5-12/h4-7,10,17H,3,8H2,1-2H3,(H,16,18)/b11-10-. The third-order valence-electron chi connectivity index (χ3n) is 2.37. The zero-order chi connectivity index (χ0) is 14.1. The van der Waals surface area contributed by atoms with Gasteiger partial charge in [-0.3, -0.25) is 4.79 Å². The lowest BCUT2D eigenvalue weighted by Crippen LogP contribution is -2.25. The van der Waals surface area contributed by atoms with Crippen LogP contribution in [0.1, 0.15) is 13.3 Å².